The first-order valence-corrected chi connectivity index (χ1v) is 9.46. The molecule has 1 aromatic rings. The molecule has 1 atom stereocenters. The van der Waals surface area contributed by atoms with E-state index in [1.807, 2.05) is 0 Å². The minimum Gasteiger partial charge on any atom is -0.454 e. The second-order valence-electron chi connectivity index (χ2n) is 7.06. The Morgan fingerprint density at radius 3 is 2.16 bits per heavy atom. The molecule has 0 fully saturated rings. The lowest BCUT2D eigenvalue weighted by Crippen LogP contribution is -2.47. The minimum absolute atomic E-state index is 0.0546. The van der Waals surface area contributed by atoms with Crippen molar-refractivity contribution in [1.82, 2.24) is 10.0 Å². The Morgan fingerprint density at radius 2 is 1.68 bits per heavy atom. The molecule has 0 aliphatic carbocycles. The summed E-state index contributed by atoms with van der Waals surface area (Å²) in [4.78, 5) is 24.0. The van der Waals surface area contributed by atoms with Gasteiger partial charge in [0.25, 0.3) is 5.91 Å². The van der Waals surface area contributed by atoms with E-state index in [2.05, 4.69) is 10.0 Å². The number of hydrogen-bond donors (Lipinski definition) is 2. The van der Waals surface area contributed by atoms with Crippen LogP contribution in [0.5, 0.6) is 0 Å². The predicted octanol–water partition coefficient (Wildman–Crippen LogP) is 1.45. The number of ether oxygens (including phenoxy) is 1. The number of benzene rings is 1. The lowest BCUT2D eigenvalue weighted by Gasteiger charge is -2.22. The first kappa shape index (κ1) is 21.1. The van der Waals surface area contributed by atoms with Crippen molar-refractivity contribution in [1.29, 1.82) is 0 Å². The Kier molecular flexibility index (Phi) is 7.13. The van der Waals surface area contributed by atoms with E-state index >= 15 is 0 Å². The SMILES string of the molecule is CC(C)[C@H](NS(=O)(=O)c1ccccc1)C(=O)OCC(=O)NC(C)(C)C. The van der Waals surface area contributed by atoms with Gasteiger partial charge >= 0.3 is 5.97 Å². The number of nitrogens with one attached hydrogen (secondary N) is 2. The van der Waals surface area contributed by atoms with Crippen molar-refractivity contribution in [2.75, 3.05) is 6.61 Å². The Hall–Kier alpha value is -1.93. The van der Waals surface area contributed by atoms with E-state index < -0.39 is 40.1 Å². The summed E-state index contributed by atoms with van der Waals surface area (Å²) in [5, 5.41) is 2.66. The number of esters is 1. The number of carbonyl (C=O) groups excluding carboxylic acids is 2. The van der Waals surface area contributed by atoms with Crippen LogP contribution in [0.3, 0.4) is 0 Å². The molecule has 8 heteroatoms. The van der Waals surface area contributed by atoms with Crippen molar-refractivity contribution in [3.8, 4) is 0 Å². The fourth-order valence-electron chi connectivity index (χ4n) is 1.97. The van der Waals surface area contributed by atoms with Gasteiger partial charge in [-0.15, -0.1) is 0 Å². The summed E-state index contributed by atoms with van der Waals surface area (Å²) in [5.74, 6) is -1.59. The minimum atomic E-state index is -3.87. The van der Waals surface area contributed by atoms with Gasteiger partial charge < -0.3 is 10.1 Å². The quantitative estimate of drug-likeness (QED) is 0.707. The van der Waals surface area contributed by atoms with Crippen LogP contribution in [-0.2, 0) is 24.3 Å². The zero-order valence-electron chi connectivity index (χ0n) is 15.2. The maximum Gasteiger partial charge on any atom is 0.324 e. The molecule has 0 aromatic heterocycles. The fraction of sp³-hybridized carbons (Fsp3) is 0.529. The summed E-state index contributed by atoms with van der Waals surface area (Å²) in [6.07, 6.45) is 0. The molecular formula is C17H26N2O5S. The van der Waals surface area contributed by atoms with Crippen LogP contribution in [0.15, 0.2) is 35.2 Å². The molecule has 0 unspecified atom stereocenters. The molecule has 0 aliphatic heterocycles. The Bertz CT molecular complexity index is 693. The molecule has 0 radical (unpaired) electrons. The summed E-state index contributed by atoms with van der Waals surface area (Å²) >= 11 is 0. The van der Waals surface area contributed by atoms with Crippen LogP contribution < -0.4 is 10.0 Å². The van der Waals surface area contributed by atoms with Crippen molar-refractivity contribution in [2.45, 2.75) is 51.1 Å². The van der Waals surface area contributed by atoms with E-state index in [1.165, 1.54) is 12.1 Å². The fourth-order valence-corrected chi connectivity index (χ4v) is 3.33. The monoisotopic (exact) mass is 370 g/mol. The number of carbonyl (C=O) groups is 2. The van der Waals surface area contributed by atoms with Crippen LogP contribution in [0.1, 0.15) is 34.6 Å². The largest absolute Gasteiger partial charge is 0.454 e. The van der Waals surface area contributed by atoms with E-state index in [4.69, 9.17) is 4.74 Å². The first-order chi connectivity index (χ1) is 11.4. The van der Waals surface area contributed by atoms with Crippen LogP contribution in [-0.4, -0.2) is 38.5 Å². The molecule has 0 saturated carbocycles. The predicted molar refractivity (Wildman–Crippen MR) is 94.2 cm³/mol. The third-order valence-corrected chi connectivity index (χ3v) is 4.57. The van der Waals surface area contributed by atoms with Gasteiger partial charge in [-0.3, -0.25) is 9.59 Å². The molecule has 0 saturated heterocycles. The van der Waals surface area contributed by atoms with Crippen molar-refractivity contribution in [3.05, 3.63) is 30.3 Å². The van der Waals surface area contributed by atoms with Gasteiger partial charge in [-0.1, -0.05) is 32.0 Å². The highest BCUT2D eigenvalue weighted by atomic mass is 32.2. The van der Waals surface area contributed by atoms with Crippen LogP contribution >= 0.6 is 0 Å². The molecule has 140 valence electrons. The summed E-state index contributed by atoms with van der Waals surface area (Å²) in [7, 11) is -3.87. The smallest absolute Gasteiger partial charge is 0.324 e. The maximum atomic E-state index is 12.4. The molecule has 1 aromatic carbocycles. The highest BCUT2D eigenvalue weighted by Gasteiger charge is 2.30. The van der Waals surface area contributed by atoms with Crippen molar-refractivity contribution >= 4 is 21.9 Å². The van der Waals surface area contributed by atoms with E-state index in [-0.39, 0.29) is 10.8 Å². The molecule has 0 heterocycles. The molecule has 1 amide bonds. The second-order valence-corrected chi connectivity index (χ2v) is 8.78. The molecule has 7 nitrogen and oxygen atoms in total. The number of hydrogen-bond acceptors (Lipinski definition) is 5. The number of sulfonamides is 1. The molecular weight excluding hydrogens is 344 g/mol. The van der Waals surface area contributed by atoms with Crippen LogP contribution in [0.25, 0.3) is 0 Å². The van der Waals surface area contributed by atoms with Gasteiger partial charge in [-0.25, -0.2) is 8.42 Å². The highest BCUT2D eigenvalue weighted by molar-refractivity contribution is 7.89. The molecule has 1 rings (SSSR count). The first-order valence-electron chi connectivity index (χ1n) is 7.97. The summed E-state index contributed by atoms with van der Waals surface area (Å²) in [6.45, 7) is 8.32. The van der Waals surface area contributed by atoms with E-state index in [0.29, 0.717) is 0 Å². The van der Waals surface area contributed by atoms with Crippen molar-refractivity contribution in [3.63, 3.8) is 0 Å². The van der Waals surface area contributed by atoms with Crippen LogP contribution in [0.4, 0.5) is 0 Å². The highest BCUT2D eigenvalue weighted by Crippen LogP contribution is 2.12. The number of amides is 1. The standard InChI is InChI=1S/C17H26N2O5S/c1-12(2)15(16(21)24-11-14(20)18-17(3,4)5)19-25(22,23)13-9-7-6-8-10-13/h6-10,12,15,19H,11H2,1-5H3,(H,18,20)/t15-/m0/s1. The summed E-state index contributed by atoms with van der Waals surface area (Å²) < 4.78 is 32.1. The van der Waals surface area contributed by atoms with Gasteiger partial charge in [-0.2, -0.15) is 4.72 Å². The van der Waals surface area contributed by atoms with Crippen LogP contribution in [0.2, 0.25) is 0 Å². The Morgan fingerprint density at radius 1 is 1.12 bits per heavy atom. The summed E-state index contributed by atoms with van der Waals surface area (Å²) in [6, 6.07) is 6.65. The Balaban J connectivity index is 2.77. The van der Waals surface area contributed by atoms with Crippen molar-refractivity contribution in [2.24, 2.45) is 5.92 Å². The molecule has 25 heavy (non-hydrogen) atoms. The molecule has 0 bridgehead atoms. The molecule has 0 spiro atoms. The van der Waals surface area contributed by atoms with Gasteiger partial charge in [-0.05, 0) is 38.8 Å². The number of rotatable bonds is 7. The van der Waals surface area contributed by atoms with Crippen LogP contribution in [0, 0.1) is 5.92 Å². The van der Waals surface area contributed by atoms with E-state index in [1.54, 1.807) is 52.8 Å². The second kappa shape index (κ2) is 8.44. The zero-order chi connectivity index (χ0) is 19.3. The van der Waals surface area contributed by atoms with Gasteiger partial charge in [0.15, 0.2) is 6.61 Å². The third kappa shape index (κ3) is 7.23. The lowest BCUT2D eigenvalue weighted by atomic mass is 10.1. The average molecular weight is 370 g/mol. The lowest BCUT2D eigenvalue weighted by molar-refractivity contribution is -0.151. The van der Waals surface area contributed by atoms with Gasteiger partial charge in [0, 0.05) is 5.54 Å². The van der Waals surface area contributed by atoms with Gasteiger partial charge in [0.05, 0.1) is 4.90 Å². The normalized spacial score (nSPS) is 13.4. The third-order valence-electron chi connectivity index (χ3n) is 3.12. The van der Waals surface area contributed by atoms with Gasteiger partial charge in [0.1, 0.15) is 6.04 Å². The molecule has 2 N–H and O–H groups in total. The molecule has 0 aliphatic rings. The summed E-state index contributed by atoms with van der Waals surface area (Å²) in [5.41, 5.74) is -0.449. The van der Waals surface area contributed by atoms with E-state index in [9.17, 15) is 18.0 Å². The zero-order valence-corrected chi connectivity index (χ0v) is 16.0. The average Bonchev–Trinajstić information content (AvgIpc) is 2.49. The Labute approximate surface area is 149 Å². The maximum absolute atomic E-state index is 12.4. The van der Waals surface area contributed by atoms with E-state index in [0.717, 1.165) is 0 Å². The topological polar surface area (TPSA) is 102 Å². The van der Waals surface area contributed by atoms with Crippen molar-refractivity contribution < 1.29 is 22.7 Å². The van der Waals surface area contributed by atoms with Gasteiger partial charge in [0.2, 0.25) is 10.0 Å².